The minimum Gasteiger partial charge on any atom is -0.491 e. The van der Waals surface area contributed by atoms with Gasteiger partial charge in [-0.05, 0) is 19.9 Å². The Bertz CT molecular complexity index is 591. The van der Waals surface area contributed by atoms with Gasteiger partial charge in [-0.2, -0.15) is 0 Å². The summed E-state index contributed by atoms with van der Waals surface area (Å²) in [6.45, 7) is 3.92. The van der Waals surface area contributed by atoms with Crippen molar-refractivity contribution in [2.75, 3.05) is 6.61 Å². The Labute approximate surface area is 118 Å². The summed E-state index contributed by atoms with van der Waals surface area (Å²) in [7, 11) is -3.58. The van der Waals surface area contributed by atoms with Crippen LogP contribution < -0.4 is 4.74 Å². The molecule has 1 aliphatic rings. The van der Waals surface area contributed by atoms with Crippen LogP contribution in [-0.4, -0.2) is 32.3 Å². The van der Waals surface area contributed by atoms with E-state index in [1.54, 1.807) is 24.3 Å². The van der Waals surface area contributed by atoms with Crippen LogP contribution in [0.4, 0.5) is 0 Å². The van der Waals surface area contributed by atoms with Gasteiger partial charge >= 0.3 is 5.97 Å². The Hall–Kier alpha value is -1.56. The van der Waals surface area contributed by atoms with Crippen LogP contribution in [0.25, 0.3) is 0 Å². The van der Waals surface area contributed by atoms with Crippen molar-refractivity contribution in [3.8, 4) is 5.75 Å². The van der Waals surface area contributed by atoms with Crippen molar-refractivity contribution >= 4 is 15.8 Å². The van der Waals surface area contributed by atoms with Crippen molar-refractivity contribution in [3.63, 3.8) is 0 Å². The van der Waals surface area contributed by atoms with E-state index in [1.807, 2.05) is 13.8 Å². The summed E-state index contributed by atoms with van der Waals surface area (Å²) in [5.74, 6) is -0.319. The lowest BCUT2D eigenvalue weighted by atomic mass is 10.2. The van der Waals surface area contributed by atoms with Crippen molar-refractivity contribution in [2.24, 2.45) is 0 Å². The van der Waals surface area contributed by atoms with E-state index in [1.165, 1.54) is 0 Å². The molecule has 1 aliphatic heterocycles. The number of hydrogen-bond donors (Lipinski definition) is 0. The largest absolute Gasteiger partial charge is 0.491 e. The Balaban J connectivity index is 2.23. The zero-order valence-corrected chi connectivity index (χ0v) is 12.4. The zero-order valence-electron chi connectivity index (χ0n) is 11.5. The molecule has 1 heterocycles. The summed E-state index contributed by atoms with van der Waals surface area (Å²) >= 11 is 0. The number of hydrogen-bond acceptors (Lipinski definition) is 5. The molecule has 1 aromatic rings. The third-order valence-corrected chi connectivity index (χ3v) is 5.02. The molecule has 110 valence electrons. The van der Waals surface area contributed by atoms with Crippen LogP contribution in [0.1, 0.15) is 25.8 Å². The molecule has 0 amide bonds. The van der Waals surface area contributed by atoms with Crippen LogP contribution in [0, 0.1) is 0 Å². The molecular weight excluding hydrogens is 280 g/mol. The highest BCUT2D eigenvalue weighted by Crippen LogP contribution is 2.25. The average Bonchev–Trinajstić information content (AvgIpc) is 2.78. The summed E-state index contributed by atoms with van der Waals surface area (Å²) in [6.07, 6.45) is 0.185. The van der Waals surface area contributed by atoms with Crippen LogP contribution in [0.2, 0.25) is 0 Å². The van der Waals surface area contributed by atoms with Gasteiger partial charge in [-0.1, -0.05) is 18.2 Å². The molecule has 2 rings (SSSR count). The molecule has 0 N–H and O–H groups in total. The molecule has 6 heteroatoms. The molecule has 1 atom stereocenters. The third kappa shape index (κ3) is 3.30. The first-order valence-corrected chi connectivity index (χ1v) is 8.24. The molecule has 0 spiro atoms. The van der Waals surface area contributed by atoms with E-state index in [9.17, 15) is 13.2 Å². The topological polar surface area (TPSA) is 69.7 Å². The smallest absolute Gasteiger partial charge is 0.324 e. The number of benzene rings is 1. The Morgan fingerprint density at radius 1 is 1.35 bits per heavy atom. The van der Waals surface area contributed by atoms with Gasteiger partial charge in [0.05, 0.1) is 18.5 Å². The Morgan fingerprint density at radius 2 is 2.05 bits per heavy atom. The van der Waals surface area contributed by atoms with Crippen LogP contribution in [0.15, 0.2) is 24.3 Å². The van der Waals surface area contributed by atoms with Crippen molar-refractivity contribution < 1.29 is 22.7 Å². The van der Waals surface area contributed by atoms with Crippen LogP contribution in [0.3, 0.4) is 0 Å². The highest BCUT2D eigenvalue weighted by molar-refractivity contribution is 7.92. The van der Waals surface area contributed by atoms with Gasteiger partial charge in [-0.25, -0.2) is 8.42 Å². The van der Waals surface area contributed by atoms with E-state index in [0.29, 0.717) is 11.3 Å². The van der Waals surface area contributed by atoms with Gasteiger partial charge in [0.1, 0.15) is 5.75 Å². The van der Waals surface area contributed by atoms with Gasteiger partial charge in [0.2, 0.25) is 0 Å². The number of esters is 1. The number of ether oxygens (including phenoxy) is 2. The predicted octanol–water partition coefficient (Wildman–Crippen LogP) is 1.70. The lowest BCUT2D eigenvalue weighted by Gasteiger charge is -2.15. The normalized spacial score (nSPS) is 19.1. The molecular formula is C14H18O5S. The lowest BCUT2D eigenvalue weighted by molar-refractivity contribution is -0.137. The fraction of sp³-hybridized carbons (Fsp3) is 0.500. The summed E-state index contributed by atoms with van der Waals surface area (Å²) in [5, 5.41) is -1.05. The highest BCUT2D eigenvalue weighted by Gasteiger charge is 2.38. The molecule has 20 heavy (non-hydrogen) atoms. The minimum atomic E-state index is -3.58. The van der Waals surface area contributed by atoms with E-state index in [0.717, 1.165) is 0 Å². The van der Waals surface area contributed by atoms with E-state index >= 15 is 0 Å². The molecule has 1 fully saturated rings. The quantitative estimate of drug-likeness (QED) is 0.774. The molecule has 1 aromatic carbocycles. The molecule has 0 saturated carbocycles. The fourth-order valence-electron chi connectivity index (χ4n) is 2.11. The standard InChI is InChI=1S/C14H18O5S/c1-10(2)19-12-6-4-3-5-11(12)9-20(16,17)13-7-8-18-14(13)15/h3-6,10,13H,7-9H2,1-2H3. The van der Waals surface area contributed by atoms with Gasteiger partial charge in [-0.3, -0.25) is 4.79 Å². The van der Waals surface area contributed by atoms with Crippen molar-refractivity contribution in [1.82, 2.24) is 0 Å². The SMILES string of the molecule is CC(C)Oc1ccccc1CS(=O)(=O)C1CCOC1=O. The number of rotatable bonds is 5. The molecule has 0 aromatic heterocycles. The van der Waals surface area contributed by atoms with Crippen LogP contribution in [-0.2, 0) is 25.1 Å². The fourth-order valence-corrected chi connectivity index (χ4v) is 3.80. The predicted molar refractivity (Wildman–Crippen MR) is 74.2 cm³/mol. The first kappa shape index (κ1) is 14.8. The maximum Gasteiger partial charge on any atom is 0.324 e. The summed E-state index contributed by atoms with van der Waals surface area (Å²) in [5.41, 5.74) is 0.570. The maximum atomic E-state index is 12.3. The lowest BCUT2D eigenvalue weighted by Crippen LogP contribution is -2.27. The Morgan fingerprint density at radius 3 is 2.65 bits per heavy atom. The molecule has 0 bridgehead atoms. The molecule has 0 aliphatic carbocycles. The molecule has 1 unspecified atom stereocenters. The second kappa shape index (κ2) is 5.83. The first-order valence-electron chi connectivity index (χ1n) is 6.53. The molecule has 5 nitrogen and oxygen atoms in total. The van der Waals surface area contributed by atoms with Crippen LogP contribution >= 0.6 is 0 Å². The van der Waals surface area contributed by atoms with E-state index < -0.39 is 21.1 Å². The second-order valence-electron chi connectivity index (χ2n) is 5.03. The van der Waals surface area contributed by atoms with Crippen LogP contribution in [0.5, 0.6) is 5.75 Å². The van der Waals surface area contributed by atoms with E-state index in [4.69, 9.17) is 9.47 Å². The minimum absolute atomic E-state index is 0.0460. The summed E-state index contributed by atoms with van der Waals surface area (Å²) in [6, 6.07) is 6.98. The number of cyclic esters (lactones) is 1. The van der Waals surface area contributed by atoms with Gasteiger partial charge in [0, 0.05) is 12.0 Å². The number of carbonyl (C=O) groups excluding carboxylic acids is 1. The molecule has 0 radical (unpaired) electrons. The number of para-hydroxylation sites is 1. The van der Waals surface area contributed by atoms with Gasteiger partial charge in [0.15, 0.2) is 15.1 Å². The highest BCUT2D eigenvalue weighted by atomic mass is 32.2. The maximum absolute atomic E-state index is 12.3. The Kier molecular flexibility index (Phi) is 4.32. The summed E-state index contributed by atoms with van der Waals surface area (Å²) < 4.78 is 34.9. The van der Waals surface area contributed by atoms with Crippen molar-refractivity contribution in [2.45, 2.75) is 37.4 Å². The second-order valence-corrected chi connectivity index (χ2v) is 7.21. The van der Waals surface area contributed by atoms with Gasteiger partial charge in [0.25, 0.3) is 0 Å². The van der Waals surface area contributed by atoms with Crippen molar-refractivity contribution in [3.05, 3.63) is 29.8 Å². The third-order valence-electron chi connectivity index (χ3n) is 3.01. The monoisotopic (exact) mass is 298 g/mol. The summed E-state index contributed by atoms with van der Waals surface area (Å²) in [4.78, 5) is 11.4. The first-order chi connectivity index (χ1) is 9.40. The molecule has 1 saturated heterocycles. The van der Waals surface area contributed by atoms with Gasteiger partial charge in [-0.15, -0.1) is 0 Å². The number of carbonyl (C=O) groups is 1. The van der Waals surface area contributed by atoms with Gasteiger partial charge < -0.3 is 9.47 Å². The van der Waals surface area contributed by atoms with E-state index in [2.05, 4.69) is 0 Å². The van der Waals surface area contributed by atoms with E-state index in [-0.39, 0.29) is 24.9 Å². The number of sulfone groups is 1. The van der Waals surface area contributed by atoms with Crippen molar-refractivity contribution in [1.29, 1.82) is 0 Å². The zero-order chi connectivity index (χ0) is 14.8. The average molecular weight is 298 g/mol.